The number of hydrogen-bond acceptors (Lipinski definition) is 1. The number of halogens is 1. The fraction of sp³-hybridized carbons (Fsp3) is 0. The molecule has 0 radical (unpaired) electrons. The standard InChI is InChI=1S/C17H12ClN/c1-12(13-5-3-2-4-6-13)16-10-8-14-7-9-15(18)11-17(14)19-16/h2-11H,1H2. The van der Waals surface area contributed by atoms with Gasteiger partial charge in [-0.3, -0.25) is 0 Å². The van der Waals surface area contributed by atoms with E-state index in [-0.39, 0.29) is 0 Å². The van der Waals surface area contributed by atoms with E-state index in [4.69, 9.17) is 11.6 Å². The van der Waals surface area contributed by atoms with Crippen LogP contribution in [0.5, 0.6) is 0 Å². The number of nitrogens with zero attached hydrogens (tertiary/aromatic N) is 1. The fourth-order valence-corrected chi connectivity index (χ4v) is 2.21. The van der Waals surface area contributed by atoms with Gasteiger partial charge in [0.05, 0.1) is 11.2 Å². The third-order valence-corrected chi connectivity index (χ3v) is 3.32. The quantitative estimate of drug-likeness (QED) is 0.639. The summed E-state index contributed by atoms with van der Waals surface area (Å²) in [5, 5.41) is 1.77. The van der Waals surface area contributed by atoms with Crippen molar-refractivity contribution in [3.63, 3.8) is 0 Å². The highest BCUT2D eigenvalue weighted by Crippen LogP contribution is 2.23. The lowest BCUT2D eigenvalue weighted by Gasteiger charge is -2.07. The summed E-state index contributed by atoms with van der Waals surface area (Å²) in [6.07, 6.45) is 0. The predicted molar refractivity (Wildman–Crippen MR) is 81.3 cm³/mol. The SMILES string of the molecule is C=C(c1ccccc1)c1ccc2ccc(Cl)cc2n1. The van der Waals surface area contributed by atoms with Crippen LogP contribution in [0.15, 0.2) is 67.2 Å². The van der Waals surface area contributed by atoms with Crippen molar-refractivity contribution in [1.29, 1.82) is 0 Å². The lowest BCUT2D eigenvalue weighted by atomic mass is 10.0. The molecular formula is C17H12ClN. The molecule has 0 saturated heterocycles. The maximum absolute atomic E-state index is 6.01. The van der Waals surface area contributed by atoms with Crippen molar-refractivity contribution in [3.05, 3.63) is 83.5 Å². The highest BCUT2D eigenvalue weighted by molar-refractivity contribution is 6.31. The second-order valence-corrected chi connectivity index (χ2v) is 4.81. The summed E-state index contributed by atoms with van der Waals surface area (Å²) in [4.78, 5) is 4.63. The average molecular weight is 266 g/mol. The molecule has 3 aromatic rings. The zero-order valence-electron chi connectivity index (χ0n) is 10.3. The molecule has 0 aliphatic rings. The number of benzene rings is 2. The van der Waals surface area contributed by atoms with Crippen molar-refractivity contribution >= 4 is 28.1 Å². The molecule has 0 bridgehead atoms. The van der Waals surface area contributed by atoms with Crippen molar-refractivity contribution in [1.82, 2.24) is 4.98 Å². The van der Waals surface area contributed by atoms with Crippen LogP contribution in [0.1, 0.15) is 11.3 Å². The van der Waals surface area contributed by atoms with Gasteiger partial charge in [-0.15, -0.1) is 0 Å². The van der Waals surface area contributed by atoms with E-state index in [0.717, 1.165) is 27.7 Å². The molecule has 0 spiro atoms. The fourth-order valence-electron chi connectivity index (χ4n) is 2.05. The number of pyridine rings is 1. The van der Waals surface area contributed by atoms with E-state index >= 15 is 0 Å². The predicted octanol–water partition coefficient (Wildman–Crippen LogP) is 4.95. The van der Waals surface area contributed by atoms with E-state index in [9.17, 15) is 0 Å². The van der Waals surface area contributed by atoms with Gasteiger partial charge >= 0.3 is 0 Å². The van der Waals surface area contributed by atoms with Crippen LogP contribution in [0.3, 0.4) is 0 Å². The van der Waals surface area contributed by atoms with Gasteiger partial charge in [0.2, 0.25) is 0 Å². The summed E-state index contributed by atoms with van der Waals surface area (Å²) in [6, 6.07) is 19.8. The molecule has 0 unspecified atom stereocenters. The van der Waals surface area contributed by atoms with Gasteiger partial charge in [0.1, 0.15) is 0 Å². The molecule has 0 aliphatic carbocycles. The van der Waals surface area contributed by atoms with Crippen LogP contribution in [0, 0.1) is 0 Å². The Morgan fingerprint density at radius 1 is 0.947 bits per heavy atom. The van der Waals surface area contributed by atoms with Gasteiger partial charge in [-0.1, -0.05) is 60.6 Å². The number of rotatable bonds is 2. The van der Waals surface area contributed by atoms with Crippen LogP contribution in [0.4, 0.5) is 0 Å². The number of hydrogen-bond donors (Lipinski definition) is 0. The van der Waals surface area contributed by atoms with Gasteiger partial charge in [-0.25, -0.2) is 4.98 Å². The minimum absolute atomic E-state index is 0.697. The summed E-state index contributed by atoms with van der Waals surface area (Å²) >= 11 is 6.01. The molecular weight excluding hydrogens is 254 g/mol. The Labute approximate surface area is 117 Å². The molecule has 92 valence electrons. The Kier molecular flexibility index (Phi) is 3.06. The first-order chi connectivity index (χ1) is 9.24. The molecule has 0 saturated carbocycles. The maximum atomic E-state index is 6.01. The van der Waals surface area contributed by atoms with Gasteiger partial charge in [0.15, 0.2) is 0 Å². The molecule has 2 heteroatoms. The Balaban J connectivity index is 2.08. The van der Waals surface area contributed by atoms with E-state index in [1.54, 1.807) is 0 Å². The summed E-state index contributed by atoms with van der Waals surface area (Å²) < 4.78 is 0. The van der Waals surface area contributed by atoms with E-state index in [1.807, 2.05) is 60.7 Å². The molecule has 0 amide bonds. The monoisotopic (exact) mass is 265 g/mol. The Hall–Kier alpha value is -2.12. The molecule has 0 atom stereocenters. The Morgan fingerprint density at radius 2 is 1.68 bits per heavy atom. The molecule has 1 heterocycles. The van der Waals surface area contributed by atoms with Crippen LogP contribution in [0.25, 0.3) is 16.5 Å². The lowest BCUT2D eigenvalue weighted by molar-refractivity contribution is 1.34. The van der Waals surface area contributed by atoms with E-state index in [1.165, 1.54) is 0 Å². The minimum Gasteiger partial charge on any atom is -0.248 e. The topological polar surface area (TPSA) is 12.9 Å². The molecule has 0 fully saturated rings. The lowest BCUT2D eigenvalue weighted by Crippen LogP contribution is -1.91. The molecule has 2 aromatic carbocycles. The number of aromatic nitrogens is 1. The summed E-state index contributed by atoms with van der Waals surface area (Å²) in [5.41, 5.74) is 3.77. The highest BCUT2D eigenvalue weighted by atomic mass is 35.5. The summed E-state index contributed by atoms with van der Waals surface area (Å²) in [6.45, 7) is 4.13. The second-order valence-electron chi connectivity index (χ2n) is 4.38. The first-order valence-electron chi connectivity index (χ1n) is 6.05. The largest absolute Gasteiger partial charge is 0.248 e. The molecule has 1 nitrogen and oxygen atoms in total. The van der Waals surface area contributed by atoms with Crippen LogP contribution in [0.2, 0.25) is 5.02 Å². The normalized spacial score (nSPS) is 10.6. The first kappa shape index (κ1) is 11.9. The van der Waals surface area contributed by atoms with Gasteiger partial charge in [0, 0.05) is 16.0 Å². The van der Waals surface area contributed by atoms with Crippen LogP contribution < -0.4 is 0 Å². The molecule has 19 heavy (non-hydrogen) atoms. The van der Waals surface area contributed by atoms with Crippen molar-refractivity contribution in [2.75, 3.05) is 0 Å². The smallest absolute Gasteiger partial charge is 0.0724 e. The van der Waals surface area contributed by atoms with Crippen LogP contribution in [-0.2, 0) is 0 Å². The zero-order valence-corrected chi connectivity index (χ0v) is 11.1. The zero-order chi connectivity index (χ0) is 13.2. The van der Waals surface area contributed by atoms with Gasteiger partial charge in [-0.2, -0.15) is 0 Å². The van der Waals surface area contributed by atoms with Crippen molar-refractivity contribution in [3.8, 4) is 0 Å². The number of fused-ring (bicyclic) bond motifs is 1. The van der Waals surface area contributed by atoms with E-state index < -0.39 is 0 Å². The maximum Gasteiger partial charge on any atom is 0.0724 e. The van der Waals surface area contributed by atoms with Crippen molar-refractivity contribution in [2.45, 2.75) is 0 Å². The molecule has 3 rings (SSSR count). The Bertz CT molecular complexity index is 748. The highest BCUT2D eigenvalue weighted by Gasteiger charge is 2.05. The Morgan fingerprint density at radius 3 is 2.47 bits per heavy atom. The first-order valence-corrected chi connectivity index (χ1v) is 6.43. The molecule has 0 aliphatic heterocycles. The van der Waals surface area contributed by atoms with Crippen molar-refractivity contribution in [2.24, 2.45) is 0 Å². The third-order valence-electron chi connectivity index (χ3n) is 3.09. The summed E-state index contributed by atoms with van der Waals surface area (Å²) in [5.74, 6) is 0. The third kappa shape index (κ3) is 2.38. The van der Waals surface area contributed by atoms with Gasteiger partial charge < -0.3 is 0 Å². The van der Waals surface area contributed by atoms with E-state index in [2.05, 4.69) is 11.6 Å². The van der Waals surface area contributed by atoms with Gasteiger partial charge in [-0.05, 0) is 23.8 Å². The van der Waals surface area contributed by atoms with Gasteiger partial charge in [0.25, 0.3) is 0 Å². The molecule has 0 N–H and O–H groups in total. The van der Waals surface area contributed by atoms with Crippen LogP contribution in [-0.4, -0.2) is 4.98 Å². The summed E-state index contributed by atoms with van der Waals surface area (Å²) in [7, 11) is 0. The van der Waals surface area contributed by atoms with Crippen LogP contribution >= 0.6 is 11.6 Å². The van der Waals surface area contributed by atoms with Crippen molar-refractivity contribution < 1.29 is 0 Å². The molecule has 1 aromatic heterocycles. The minimum atomic E-state index is 0.697. The van der Waals surface area contributed by atoms with E-state index in [0.29, 0.717) is 5.02 Å². The second kappa shape index (κ2) is 4.87. The average Bonchev–Trinajstić information content (AvgIpc) is 2.46.